The largest absolute Gasteiger partial charge is 0.480 e. The van der Waals surface area contributed by atoms with E-state index in [1.165, 1.54) is 0 Å². The molecule has 0 spiro atoms. The molecule has 0 aliphatic heterocycles. The van der Waals surface area contributed by atoms with Crippen LogP contribution in [0.15, 0.2) is 30.3 Å². The number of carboxylic acid groups (broad SMARTS) is 1. The smallest absolute Gasteiger partial charge is 0.326 e. The quantitative estimate of drug-likeness (QED) is 0.271. The van der Waals surface area contributed by atoms with Crippen molar-refractivity contribution in [3.05, 3.63) is 35.9 Å². The van der Waals surface area contributed by atoms with Gasteiger partial charge in [-0.1, -0.05) is 30.3 Å². The average molecular weight is 365 g/mol. The van der Waals surface area contributed by atoms with E-state index in [1.54, 1.807) is 24.3 Å². The Labute approximate surface area is 152 Å². The third-order valence-corrected chi connectivity index (χ3v) is 3.80. The molecule has 26 heavy (non-hydrogen) atoms. The molecule has 0 bridgehead atoms. The van der Waals surface area contributed by atoms with Crippen molar-refractivity contribution in [2.24, 2.45) is 17.2 Å². The number of nitrogens with one attached hydrogen (secondary N) is 2. The molecular weight excluding hydrogens is 338 g/mol. The number of hydrogen-bond acceptors (Lipinski definition) is 6. The van der Waals surface area contributed by atoms with Gasteiger partial charge in [-0.2, -0.15) is 0 Å². The van der Waals surface area contributed by atoms with Gasteiger partial charge in [-0.3, -0.25) is 9.59 Å². The van der Waals surface area contributed by atoms with E-state index in [4.69, 9.17) is 17.2 Å². The van der Waals surface area contributed by atoms with Crippen LogP contribution in [0.2, 0.25) is 0 Å². The molecule has 1 rings (SSSR count). The lowest BCUT2D eigenvalue weighted by Gasteiger charge is -2.22. The maximum atomic E-state index is 12.4. The third kappa shape index (κ3) is 7.18. The molecule has 0 fully saturated rings. The Kier molecular flexibility index (Phi) is 9.27. The van der Waals surface area contributed by atoms with Crippen molar-refractivity contribution < 1.29 is 19.5 Å². The first-order valence-corrected chi connectivity index (χ1v) is 8.42. The fourth-order valence-electron chi connectivity index (χ4n) is 2.35. The lowest BCUT2D eigenvalue weighted by atomic mass is 10.0. The van der Waals surface area contributed by atoms with Gasteiger partial charge in [0.1, 0.15) is 12.1 Å². The van der Waals surface area contributed by atoms with Crippen LogP contribution in [-0.2, 0) is 20.8 Å². The molecule has 0 aliphatic carbocycles. The topological polar surface area (TPSA) is 174 Å². The minimum Gasteiger partial charge on any atom is -0.480 e. The molecule has 0 saturated carbocycles. The van der Waals surface area contributed by atoms with Gasteiger partial charge in [0.05, 0.1) is 6.04 Å². The number of benzene rings is 1. The summed E-state index contributed by atoms with van der Waals surface area (Å²) < 4.78 is 0. The van der Waals surface area contributed by atoms with Gasteiger partial charge in [-0.25, -0.2) is 4.79 Å². The van der Waals surface area contributed by atoms with Crippen molar-refractivity contribution in [3.8, 4) is 0 Å². The highest BCUT2D eigenvalue weighted by Crippen LogP contribution is 2.04. The van der Waals surface area contributed by atoms with Crippen molar-refractivity contribution in [3.63, 3.8) is 0 Å². The molecule has 9 heteroatoms. The van der Waals surface area contributed by atoms with Crippen LogP contribution in [0.5, 0.6) is 0 Å². The minimum absolute atomic E-state index is 0.123. The van der Waals surface area contributed by atoms with Gasteiger partial charge in [0.25, 0.3) is 0 Å². The first kappa shape index (κ1) is 21.6. The van der Waals surface area contributed by atoms with Crippen LogP contribution >= 0.6 is 0 Å². The molecule has 3 atom stereocenters. The van der Waals surface area contributed by atoms with E-state index in [0.717, 1.165) is 5.56 Å². The van der Waals surface area contributed by atoms with Gasteiger partial charge in [-0.15, -0.1) is 0 Å². The third-order valence-electron chi connectivity index (χ3n) is 3.80. The fourth-order valence-corrected chi connectivity index (χ4v) is 2.35. The number of rotatable bonds is 11. The van der Waals surface area contributed by atoms with Crippen LogP contribution in [-0.4, -0.2) is 54.1 Å². The highest BCUT2D eigenvalue weighted by Gasteiger charge is 2.27. The fraction of sp³-hybridized carbons (Fsp3) is 0.471. The Morgan fingerprint density at radius 2 is 1.50 bits per heavy atom. The van der Waals surface area contributed by atoms with Crippen molar-refractivity contribution in [2.45, 2.75) is 37.4 Å². The summed E-state index contributed by atoms with van der Waals surface area (Å²) in [6, 6.07) is 6.00. The van der Waals surface area contributed by atoms with Crippen LogP contribution in [0.1, 0.15) is 18.4 Å². The van der Waals surface area contributed by atoms with Crippen molar-refractivity contribution >= 4 is 17.8 Å². The second-order valence-electron chi connectivity index (χ2n) is 5.91. The van der Waals surface area contributed by atoms with Gasteiger partial charge >= 0.3 is 5.97 Å². The van der Waals surface area contributed by atoms with Crippen LogP contribution < -0.4 is 27.8 Å². The molecule has 0 aliphatic rings. The Balaban J connectivity index is 2.76. The summed E-state index contributed by atoms with van der Waals surface area (Å²) in [4.78, 5) is 35.9. The lowest BCUT2D eigenvalue weighted by Crippen LogP contribution is -2.55. The molecule has 9 nitrogen and oxygen atoms in total. The summed E-state index contributed by atoms with van der Waals surface area (Å²) in [7, 11) is 0. The normalized spacial score (nSPS) is 14.1. The van der Waals surface area contributed by atoms with Crippen LogP contribution in [0.3, 0.4) is 0 Å². The minimum atomic E-state index is -1.17. The van der Waals surface area contributed by atoms with Crippen molar-refractivity contribution in [2.75, 3.05) is 13.1 Å². The van der Waals surface area contributed by atoms with Crippen LogP contribution in [0, 0.1) is 0 Å². The molecule has 144 valence electrons. The van der Waals surface area contributed by atoms with E-state index in [2.05, 4.69) is 10.6 Å². The summed E-state index contributed by atoms with van der Waals surface area (Å²) in [5, 5.41) is 14.3. The van der Waals surface area contributed by atoms with Crippen LogP contribution in [0.25, 0.3) is 0 Å². The van der Waals surface area contributed by atoms with Crippen LogP contribution in [0.4, 0.5) is 0 Å². The number of carbonyl (C=O) groups excluding carboxylic acids is 2. The Bertz CT molecular complexity index is 596. The zero-order chi connectivity index (χ0) is 19.5. The number of hydrogen-bond donors (Lipinski definition) is 6. The van der Waals surface area contributed by atoms with Gasteiger partial charge in [0, 0.05) is 6.42 Å². The molecule has 1 aromatic rings. The zero-order valence-electron chi connectivity index (χ0n) is 14.6. The van der Waals surface area contributed by atoms with Crippen molar-refractivity contribution in [1.29, 1.82) is 0 Å². The van der Waals surface area contributed by atoms with Gasteiger partial charge < -0.3 is 32.9 Å². The van der Waals surface area contributed by atoms with E-state index in [0.29, 0.717) is 0 Å². The maximum absolute atomic E-state index is 12.4. The van der Waals surface area contributed by atoms with E-state index in [-0.39, 0.29) is 32.4 Å². The second-order valence-corrected chi connectivity index (χ2v) is 5.91. The van der Waals surface area contributed by atoms with E-state index in [9.17, 15) is 19.5 Å². The molecular formula is C17H27N5O4. The monoisotopic (exact) mass is 365 g/mol. The SMILES string of the molecule is NCC[C@H](NC(=O)[C@@H](N)CCN)C(=O)N[C@H](Cc1ccccc1)C(=O)O. The van der Waals surface area contributed by atoms with E-state index in [1.807, 2.05) is 6.07 Å². The Morgan fingerprint density at radius 3 is 2.04 bits per heavy atom. The van der Waals surface area contributed by atoms with Gasteiger partial charge in [0.15, 0.2) is 0 Å². The maximum Gasteiger partial charge on any atom is 0.326 e. The number of carbonyl (C=O) groups is 3. The molecule has 1 aromatic carbocycles. The number of aliphatic carboxylic acids is 1. The van der Waals surface area contributed by atoms with Crippen molar-refractivity contribution in [1.82, 2.24) is 10.6 Å². The molecule has 0 radical (unpaired) electrons. The molecule has 0 saturated heterocycles. The summed E-state index contributed by atoms with van der Waals surface area (Å²) in [6.07, 6.45) is 0.553. The summed E-state index contributed by atoms with van der Waals surface area (Å²) in [5.74, 6) is -2.31. The zero-order valence-corrected chi connectivity index (χ0v) is 14.6. The molecule has 0 aromatic heterocycles. The molecule has 0 heterocycles. The summed E-state index contributed by atoms with van der Waals surface area (Å²) >= 11 is 0. The number of nitrogens with two attached hydrogens (primary N) is 3. The highest BCUT2D eigenvalue weighted by molar-refractivity contribution is 5.91. The average Bonchev–Trinajstić information content (AvgIpc) is 2.61. The summed E-state index contributed by atoms with van der Waals surface area (Å²) in [5.41, 5.74) is 17.3. The van der Waals surface area contributed by atoms with Gasteiger partial charge in [0.2, 0.25) is 11.8 Å². The second kappa shape index (κ2) is 11.2. The van der Waals surface area contributed by atoms with E-state index < -0.39 is 35.9 Å². The number of amides is 2. The Morgan fingerprint density at radius 1 is 0.923 bits per heavy atom. The first-order chi connectivity index (χ1) is 12.4. The lowest BCUT2D eigenvalue weighted by molar-refractivity contribution is -0.142. The van der Waals surface area contributed by atoms with E-state index >= 15 is 0 Å². The summed E-state index contributed by atoms with van der Waals surface area (Å²) in [6.45, 7) is 0.376. The molecule has 0 unspecified atom stereocenters. The molecule has 9 N–H and O–H groups in total. The standard InChI is InChI=1S/C17H27N5O4/c18-8-6-12(20)15(23)21-13(7-9-19)16(24)22-14(17(25)26)10-11-4-2-1-3-5-11/h1-5,12-14H,6-10,18-20H2,(H,21,23)(H,22,24)(H,25,26)/t12-,13-,14+/m0/s1. The first-order valence-electron chi connectivity index (χ1n) is 8.42. The predicted molar refractivity (Wildman–Crippen MR) is 97.0 cm³/mol. The molecule has 2 amide bonds. The van der Waals surface area contributed by atoms with Gasteiger partial charge in [-0.05, 0) is 31.5 Å². The highest BCUT2D eigenvalue weighted by atomic mass is 16.4. The Hall–Kier alpha value is -2.49. The predicted octanol–water partition coefficient (Wildman–Crippen LogP) is -1.69. The number of carboxylic acids is 1.